The van der Waals surface area contributed by atoms with Gasteiger partial charge in [0.15, 0.2) is 0 Å². The summed E-state index contributed by atoms with van der Waals surface area (Å²) in [5.74, 6) is 5.19. The van der Waals surface area contributed by atoms with Crippen LogP contribution in [0.5, 0.6) is 0 Å². The van der Waals surface area contributed by atoms with Gasteiger partial charge >= 0.3 is 0 Å². The zero-order valence-corrected chi connectivity index (χ0v) is 5.78. The van der Waals surface area contributed by atoms with Crippen LogP contribution < -0.4 is 11.3 Å². The molecule has 0 saturated heterocycles. The molecule has 10 heavy (non-hydrogen) atoms. The number of nitrogens with zero attached hydrogens (tertiary/aromatic N) is 2. The Bertz CT molecular complexity index is 186. The Kier molecular flexibility index (Phi) is 2.30. The van der Waals surface area contributed by atoms with Gasteiger partial charge in [-0.25, -0.2) is 0 Å². The number of hydrazine groups is 1. The van der Waals surface area contributed by atoms with Gasteiger partial charge in [-0.2, -0.15) is 0 Å². The summed E-state index contributed by atoms with van der Waals surface area (Å²) >= 11 is 0. The Labute approximate surface area is 59.5 Å². The van der Waals surface area contributed by atoms with Crippen molar-refractivity contribution in [2.45, 2.75) is 13.0 Å². The minimum atomic E-state index is 0.0636. The molecule has 0 aliphatic heterocycles. The first kappa shape index (κ1) is 7.11. The van der Waals surface area contributed by atoms with Crippen LogP contribution in [-0.2, 0) is 0 Å². The fraction of sp³-hybridized carbons (Fsp3) is 0.333. The van der Waals surface area contributed by atoms with E-state index in [0.29, 0.717) is 0 Å². The molecule has 0 fully saturated rings. The maximum Gasteiger partial charge on any atom is 0.0766 e. The molecule has 0 aromatic carbocycles. The summed E-state index contributed by atoms with van der Waals surface area (Å²) in [5.41, 5.74) is 3.43. The third kappa shape index (κ3) is 1.49. The number of hydrogen-bond acceptors (Lipinski definition) is 4. The third-order valence-corrected chi connectivity index (χ3v) is 1.28. The lowest BCUT2D eigenvalue weighted by Gasteiger charge is -2.06. The standard InChI is InChI=1S/C6H10N4/c1-5(10-7)6-4-8-2-3-9-6/h2-5,10H,7H2,1H3/t5-/m1/s1. The Morgan fingerprint density at radius 3 is 2.90 bits per heavy atom. The van der Waals surface area contributed by atoms with Crippen molar-refractivity contribution in [2.24, 2.45) is 5.84 Å². The largest absolute Gasteiger partial charge is 0.271 e. The van der Waals surface area contributed by atoms with Gasteiger partial charge in [-0.1, -0.05) is 0 Å². The van der Waals surface area contributed by atoms with Crippen LogP contribution in [0.3, 0.4) is 0 Å². The number of nitrogens with one attached hydrogen (secondary N) is 1. The van der Waals surface area contributed by atoms with Gasteiger partial charge in [0, 0.05) is 12.4 Å². The molecule has 0 bridgehead atoms. The fourth-order valence-corrected chi connectivity index (χ4v) is 0.620. The molecule has 1 heterocycles. The van der Waals surface area contributed by atoms with Crippen molar-refractivity contribution < 1.29 is 0 Å². The molecule has 0 saturated carbocycles. The summed E-state index contributed by atoms with van der Waals surface area (Å²) in [5, 5.41) is 0. The SMILES string of the molecule is C[C@@H](NN)c1cnccn1. The van der Waals surface area contributed by atoms with E-state index < -0.39 is 0 Å². The molecule has 0 amide bonds. The van der Waals surface area contributed by atoms with Crippen LogP contribution in [-0.4, -0.2) is 9.97 Å². The second-order valence-corrected chi connectivity index (χ2v) is 2.02. The van der Waals surface area contributed by atoms with Gasteiger partial charge in [0.25, 0.3) is 0 Å². The first-order valence-electron chi connectivity index (χ1n) is 3.06. The van der Waals surface area contributed by atoms with Gasteiger partial charge in [-0.05, 0) is 6.92 Å². The molecule has 0 unspecified atom stereocenters. The quantitative estimate of drug-likeness (QED) is 0.446. The predicted octanol–water partition coefficient (Wildman–Crippen LogP) is 0.000900. The summed E-state index contributed by atoms with van der Waals surface area (Å²) in [6, 6.07) is 0.0636. The van der Waals surface area contributed by atoms with Crippen molar-refractivity contribution in [1.29, 1.82) is 0 Å². The minimum Gasteiger partial charge on any atom is -0.271 e. The molecule has 1 aromatic heterocycles. The van der Waals surface area contributed by atoms with E-state index in [9.17, 15) is 0 Å². The number of hydrogen-bond donors (Lipinski definition) is 2. The minimum absolute atomic E-state index is 0.0636. The van der Waals surface area contributed by atoms with Crippen molar-refractivity contribution in [1.82, 2.24) is 15.4 Å². The highest BCUT2D eigenvalue weighted by Gasteiger charge is 2.01. The van der Waals surface area contributed by atoms with Crippen LogP contribution in [0.2, 0.25) is 0 Å². The van der Waals surface area contributed by atoms with Crippen LogP contribution in [0.25, 0.3) is 0 Å². The lowest BCUT2D eigenvalue weighted by Crippen LogP contribution is -2.26. The van der Waals surface area contributed by atoms with Crippen LogP contribution in [0.4, 0.5) is 0 Å². The van der Waals surface area contributed by atoms with Crippen LogP contribution in [0.1, 0.15) is 18.7 Å². The summed E-state index contributed by atoms with van der Waals surface area (Å²) in [6.45, 7) is 1.92. The molecule has 1 atom stereocenters. The van der Waals surface area contributed by atoms with Crippen LogP contribution in [0.15, 0.2) is 18.6 Å². The summed E-state index contributed by atoms with van der Waals surface area (Å²) in [4.78, 5) is 7.94. The molecule has 1 aromatic rings. The van der Waals surface area contributed by atoms with Gasteiger partial charge in [-0.3, -0.25) is 21.2 Å². The molecule has 1 rings (SSSR count). The van der Waals surface area contributed by atoms with Crippen LogP contribution >= 0.6 is 0 Å². The fourth-order valence-electron chi connectivity index (χ4n) is 0.620. The first-order chi connectivity index (χ1) is 4.84. The number of nitrogens with two attached hydrogens (primary N) is 1. The van der Waals surface area contributed by atoms with E-state index in [4.69, 9.17) is 5.84 Å². The van der Waals surface area contributed by atoms with Gasteiger partial charge in [0.1, 0.15) is 0 Å². The third-order valence-electron chi connectivity index (χ3n) is 1.28. The monoisotopic (exact) mass is 138 g/mol. The second-order valence-electron chi connectivity index (χ2n) is 2.02. The Hall–Kier alpha value is -1.00. The van der Waals surface area contributed by atoms with Gasteiger partial charge in [0.2, 0.25) is 0 Å². The Balaban J connectivity index is 2.75. The van der Waals surface area contributed by atoms with Gasteiger partial charge in [-0.15, -0.1) is 0 Å². The molecule has 4 nitrogen and oxygen atoms in total. The maximum atomic E-state index is 5.19. The number of aromatic nitrogens is 2. The average Bonchev–Trinajstić information content (AvgIpc) is 2.05. The zero-order valence-electron chi connectivity index (χ0n) is 5.78. The Morgan fingerprint density at radius 1 is 1.60 bits per heavy atom. The van der Waals surface area contributed by atoms with Crippen molar-refractivity contribution in [3.8, 4) is 0 Å². The second kappa shape index (κ2) is 3.24. The molecule has 0 aliphatic carbocycles. The maximum absolute atomic E-state index is 5.19. The predicted molar refractivity (Wildman–Crippen MR) is 37.8 cm³/mol. The summed E-state index contributed by atoms with van der Waals surface area (Å²) in [6.07, 6.45) is 4.96. The smallest absolute Gasteiger partial charge is 0.0766 e. The normalized spacial score (nSPS) is 13.0. The molecule has 0 aliphatic rings. The van der Waals surface area contributed by atoms with E-state index in [1.54, 1.807) is 18.6 Å². The van der Waals surface area contributed by atoms with E-state index >= 15 is 0 Å². The molecular weight excluding hydrogens is 128 g/mol. The molecule has 3 N–H and O–H groups in total. The summed E-state index contributed by atoms with van der Waals surface area (Å²) in [7, 11) is 0. The molecule has 4 heteroatoms. The zero-order chi connectivity index (χ0) is 7.40. The number of rotatable bonds is 2. The first-order valence-corrected chi connectivity index (χ1v) is 3.06. The van der Waals surface area contributed by atoms with Gasteiger partial charge < -0.3 is 0 Å². The lowest BCUT2D eigenvalue weighted by atomic mass is 10.3. The molecule has 54 valence electrons. The average molecular weight is 138 g/mol. The topological polar surface area (TPSA) is 63.8 Å². The summed E-state index contributed by atoms with van der Waals surface area (Å²) < 4.78 is 0. The molecular formula is C6H10N4. The van der Waals surface area contributed by atoms with E-state index in [-0.39, 0.29) is 6.04 Å². The van der Waals surface area contributed by atoms with E-state index in [0.717, 1.165) is 5.69 Å². The van der Waals surface area contributed by atoms with Gasteiger partial charge in [0.05, 0.1) is 17.9 Å². The highest BCUT2D eigenvalue weighted by atomic mass is 15.2. The van der Waals surface area contributed by atoms with Crippen LogP contribution in [0, 0.1) is 0 Å². The Morgan fingerprint density at radius 2 is 2.40 bits per heavy atom. The van der Waals surface area contributed by atoms with Crippen molar-refractivity contribution in [3.63, 3.8) is 0 Å². The van der Waals surface area contributed by atoms with E-state index in [1.807, 2.05) is 6.92 Å². The van der Waals surface area contributed by atoms with Crippen molar-refractivity contribution in [3.05, 3.63) is 24.3 Å². The molecule has 0 radical (unpaired) electrons. The van der Waals surface area contributed by atoms with E-state index in [2.05, 4.69) is 15.4 Å². The van der Waals surface area contributed by atoms with E-state index in [1.165, 1.54) is 0 Å². The van der Waals surface area contributed by atoms with Crippen molar-refractivity contribution >= 4 is 0 Å². The van der Waals surface area contributed by atoms with Crippen molar-refractivity contribution in [2.75, 3.05) is 0 Å². The molecule has 0 spiro atoms. The lowest BCUT2D eigenvalue weighted by molar-refractivity contribution is 0.584. The highest BCUT2D eigenvalue weighted by molar-refractivity contribution is 4.99. The highest BCUT2D eigenvalue weighted by Crippen LogP contribution is 2.03.